The number of rotatable bonds is 4. The molecule has 17 heavy (non-hydrogen) atoms. The van der Waals surface area contributed by atoms with Crippen LogP contribution in [0.5, 0.6) is 11.5 Å². The average Bonchev–Trinajstić information content (AvgIpc) is 2.85. The van der Waals surface area contributed by atoms with E-state index in [1.165, 1.54) is 6.39 Å². The summed E-state index contributed by atoms with van der Waals surface area (Å²) in [4.78, 5) is 4.04. The Hall–Kier alpha value is -1.68. The maximum Gasteiger partial charge on any atom is 0.181 e. The summed E-state index contributed by atoms with van der Waals surface area (Å²) in [7, 11) is 3.20. The van der Waals surface area contributed by atoms with Crippen molar-refractivity contribution in [3.05, 3.63) is 30.3 Å². The Kier molecular flexibility index (Phi) is 3.54. The van der Waals surface area contributed by atoms with Gasteiger partial charge < -0.3 is 13.9 Å². The quantitative estimate of drug-likeness (QED) is 0.786. The van der Waals surface area contributed by atoms with Gasteiger partial charge in [0, 0.05) is 6.07 Å². The number of hydrogen-bond donors (Lipinski definition) is 0. The first-order valence-electron chi connectivity index (χ1n) is 5.01. The zero-order valence-corrected chi connectivity index (χ0v) is 10.3. The Morgan fingerprint density at radius 2 is 2.12 bits per heavy atom. The molecule has 0 saturated heterocycles. The highest BCUT2D eigenvalue weighted by Crippen LogP contribution is 2.35. The smallest absolute Gasteiger partial charge is 0.181 e. The minimum atomic E-state index is 0.293. The molecule has 0 saturated carbocycles. The van der Waals surface area contributed by atoms with Gasteiger partial charge in [-0.15, -0.1) is 11.6 Å². The fourth-order valence-corrected chi connectivity index (χ4v) is 1.76. The fraction of sp³-hybridized carbons (Fsp3) is 0.250. The van der Waals surface area contributed by atoms with Gasteiger partial charge in [0.1, 0.15) is 17.2 Å². The van der Waals surface area contributed by atoms with E-state index in [1.807, 2.05) is 12.1 Å². The third-order valence-corrected chi connectivity index (χ3v) is 2.67. The van der Waals surface area contributed by atoms with Crippen molar-refractivity contribution in [1.82, 2.24) is 4.98 Å². The lowest BCUT2D eigenvalue weighted by Crippen LogP contribution is -1.91. The van der Waals surface area contributed by atoms with Crippen LogP contribution in [0.2, 0.25) is 0 Å². The van der Waals surface area contributed by atoms with E-state index in [2.05, 4.69) is 4.98 Å². The van der Waals surface area contributed by atoms with Crippen molar-refractivity contribution in [3.8, 4) is 22.8 Å². The number of oxazole rings is 1. The van der Waals surface area contributed by atoms with Gasteiger partial charge in [-0.3, -0.25) is 0 Å². The summed E-state index contributed by atoms with van der Waals surface area (Å²) in [6.45, 7) is 0. The Morgan fingerprint density at radius 3 is 2.76 bits per heavy atom. The van der Waals surface area contributed by atoms with Crippen LogP contribution in [0.3, 0.4) is 0 Å². The molecule has 0 aliphatic heterocycles. The zero-order valence-electron chi connectivity index (χ0n) is 9.57. The molecule has 0 N–H and O–H groups in total. The zero-order chi connectivity index (χ0) is 12.3. The Bertz CT molecular complexity index is 510. The van der Waals surface area contributed by atoms with Crippen LogP contribution in [0.25, 0.3) is 11.3 Å². The van der Waals surface area contributed by atoms with Gasteiger partial charge in [0.15, 0.2) is 12.2 Å². The first kappa shape index (κ1) is 11.8. The molecule has 0 spiro atoms. The number of aromatic nitrogens is 1. The lowest BCUT2D eigenvalue weighted by Gasteiger charge is -2.08. The Balaban J connectivity index is 2.51. The van der Waals surface area contributed by atoms with Crippen molar-refractivity contribution >= 4 is 11.6 Å². The second kappa shape index (κ2) is 5.10. The van der Waals surface area contributed by atoms with E-state index in [4.69, 9.17) is 25.5 Å². The number of alkyl halides is 1. The highest BCUT2D eigenvalue weighted by atomic mass is 35.5. The van der Waals surface area contributed by atoms with E-state index in [9.17, 15) is 0 Å². The molecule has 1 aromatic carbocycles. The minimum Gasteiger partial charge on any atom is -0.497 e. The molecule has 0 amide bonds. The van der Waals surface area contributed by atoms with Crippen LogP contribution in [0.1, 0.15) is 5.69 Å². The van der Waals surface area contributed by atoms with Gasteiger partial charge in [0.2, 0.25) is 0 Å². The summed E-state index contributed by atoms with van der Waals surface area (Å²) in [6.07, 6.45) is 1.37. The predicted molar refractivity (Wildman–Crippen MR) is 64.6 cm³/mol. The summed E-state index contributed by atoms with van der Waals surface area (Å²) in [5.74, 6) is 2.30. The number of benzene rings is 1. The number of hydrogen-bond acceptors (Lipinski definition) is 4. The van der Waals surface area contributed by atoms with Crippen LogP contribution < -0.4 is 9.47 Å². The van der Waals surface area contributed by atoms with Gasteiger partial charge in [-0.2, -0.15) is 0 Å². The molecule has 0 bridgehead atoms. The van der Waals surface area contributed by atoms with Gasteiger partial charge in [-0.1, -0.05) is 0 Å². The molecule has 90 valence electrons. The molecule has 0 radical (unpaired) electrons. The highest BCUT2D eigenvalue weighted by molar-refractivity contribution is 6.17. The molecule has 0 fully saturated rings. The summed E-state index contributed by atoms with van der Waals surface area (Å²) in [6, 6.07) is 5.47. The molecular formula is C12H12ClNO3. The topological polar surface area (TPSA) is 44.5 Å². The van der Waals surface area contributed by atoms with E-state index in [1.54, 1.807) is 20.3 Å². The van der Waals surface area contributed by atoms with Gasteiger partial charge >= 0.3 is 0 Å². The van der Waals surface area contributed by atoms with E-state index in [0.29, 0.717) is 23.1 Å². The summed E-state index contributed by atoms with van der Waals surface area (Å²) in [5.41, 5.74) is 1.50. The van der Waals surface area contributed by atoms with Crippen molar-refractivity contribution in [2.24, 2.45) is 0 Å². The van der Waals surface area contributed by atoms with Crippen LogP contribution in [-0.2, 0) is 5.88 Å². The maximum atomic E-state index is 5.79. The summed E-state index contributed by atoms with van der Waals surface area (Å²) >= 11 is 5.79. The molecule has 1 heterocycles. The van der Waals surface area contributed by atoms with Crippen LogP contribution in [0.4, 0.5) is 0 Å². The van der Waals surface area contributed by atoms with Crippen molar-refractivity contribution < 1.29 is 13.9 Å². The number of ether oxygens (including phenoxy) is 2. The predicted octanol–water partition coefficient (Wildman–Crippen LogP) is 3.10. The first-order chi connectivity index (χ1) is 8.30. The van der Waals surface area contributed by atoms with Crippen molar-refractivity contribution in [2.45, 2.75) is 5.88 Å². The molecule has 2 aromatic rings. The van der Waals surface area contributed by atoms with E-state index in [0.717, 1.165) is 11.3 Å². The van der Waals surface area contributed by atoms with E-state index < -0.39 is 0 Å². The van der Waals surface area contributed by atoms with Crippen molar-refractivity contribution in [2.75, 3.05) is 14.2 Å². The second-order valence-corrected chi connectivity index (χ2v) is 3.60. The molecule has 0 unspecified atom stereocenters. The molecule has 1 aromatic heterocycles. The maximum absolute atomic E-state index is 5.79. The molecule has 0 atom stereocenters. The molecule has 4 nitrogen and oxygen atoms in total. The summed E-state index contributed by atoms with van der Waals surface area (Å²) in [5, 5.41) is 0. The van der Waals surface area contributed by atoms with Gasteiger partial charge in [-0.05, 0) is 12.1 Å². The average molecular weight is 254 g/mol. The number of nitrogens with zero attached hydrogens (tertiary/aromatic N) is 1. The van der Waals surface area contributed by atoms with Crippen LogP contribution >= 0.6 is 11.6 Å². The molecular weight excluding hydrogens is 242 g/mol. The van der Waals surface area contributed by atoms with Crippen LogP contribution in [0.15, 0.2) is 29.0 Å². The highest BCUT2D eigenvalue weighted by Gasteiger charge is 2.15. The lowest BCUT2D eigenvalue weighted by molar-refractivity contribution is 0.394. The Morgan fingerprint density at radius 1 is 1.29 bits per heavy atom. The SMILES string of the molecule is COc1ccc(-c2ocnc2CCl)c(OC)c1. The third-order valence-electron chi connectivity index (χ3n) is 2.42. The van der Waals surface area contributed by atoms with Crippen molar-refractivity contribution in [1.29, 1.82) is 0 Å². The summed E-state index contributed by atoms with van der Waals surface area (Å²) < 4.78 is 15.8. The Labute approximate surface area is 104 Å². The largest absolute Gasteiger partial charge is 0.497 e. The van der Waals surface area contributed by atoms with Crippen LogP contribution in [0, 0.1) is 0 Å². The lowest BCUT2D eigenvalue weighted by atomic mass is 10.1. The molecule has 5 heteroatoms. The van der Waals surface area contributed by atoms with Gasteiger partial charge in [0.25, 0.3) is 0 Å². The van der Waals surface area contributed by atoms with E-state index >= 15 is 0 Å². The van der Waals surface area contributed by atoms with Gasteiger partial charge in [0.05, 0.1) is 25.7 Å². The molecule has 0 aliphatic rings. The second-order valence-electron chi connectivity index (χ2n) is 3.33. The minimum absolute atomic E-state index is 0.293. The van der Waals surface area contributed by atoms with E-state index in [-0.39, 0.29) is 0 Å². The number of halogens is 1. The first-order valence-corrected chi connectivity index (χ1v) is 5.54. The fourth-order valence-electron chi connectivity index (χ4n) is 1.57. The standard InChI is InChI=1S/C12H12ClNO3/c1-15-8-3-4-9(11(5-8)16-2)12-10(6-13)14-7-17-12/h3-5,7H,6H2,1-2H3. The molecule has 2 rings (SSSR count). The van der Waals surface area contributed by atoms with Crippen LogP contribution in [-0.4, -0.2) is 19.2 Å². The normalized spacial score (nSPS) is 10.3. The third kappa shape index (κ3) is 2.22. The monoisotopic (exact) mass is 253 g/mol. The number of methoxy groups -OCH3 is 2. The van der Waals surface area contributed by atoms with Gasteiger partial charge in [-0.25, -0.2) is 4.98 Å². The van der Waals surface area contributed by atoms with Crippen molar-refractivity contribution in [3.63, 3.8) is 0 Å². The molecule has 0 aliphatic carbocycles.